The van der Waals surface area contributed by atoms with Crippen LogP contribution in [0.2, 0.25) is 0 Å². The van der Waals surface area contributed by atoms with Crippen LogP contribution in [0.15, 0.2) is 59.6 Å². The van der Waals surface area contributed by atoms with Crippen LogP contribution in [0.5, 0.6) is 0 Å². The molecule has 0 aromatic heterocycles. The summed E-state index contributed by atoms with van der Waals surface area (Å²) in [7, 11) is 0. The second-order valence-electron chi connectivity index (χ2n) is 10.7. The van der Waals surface area contributed by atoms with Crippen LogP contribution in [0.3, 0.4) is 0 Å². The van der Waals surface area contributed by atoms with Crippen LogP contribution in [0, 0.1) is 30.1 Å². The first kappa shape index (κ1) is 26.0. The Bertz CT molecular complexity index is 1120. The Balaban J connectivity index is 1.47. The smallest absolute Gasteiger partial charge is 0.180 e. The van der Waals surface area contributed by atoms with Crippen molar-refractivity contribution in [3.8, 4) is 6.07 Å². The topological polar surface area (TPSA) is 65.2 Å². The molecule has 36 heavy (non-hydrogen) atoms. The van der Waals surface area contributed by atoms with Crippen molar-refractivity contribution in [1.29, 1.82) is 5.26 Å². The molecule has 2 aliphatic heterocycles. The van der Waals surface area contributed by atoms with E-state index in [9.17, 15) is 4.79 Å². The molecule has 188 valence electrons. The average molecular weight is 482 g/mol. The van der Waals surface area contributed by atoms with Crippen molar-refractivity contribution >= 4 is 17.1 Å². The highest BCUT2D eigenvalue weighted by molar-refractivity contribution is 6.45. The van der Waals surface area contributed by atoms with Gasteiger partial charge in [-0.3, -0.25) is 9.79 Å². The summed E-state index contributed by atoms with van der Waals surface area (Å²) < 4.78 is 0. The maximum absolute atomic E-state index is 13.3. The van der Waals surface area contributed by atoms with E-state index in [4.69, 9.17) is 10.3 Å². The number of carbonyl (C=O) groups is 1. The van der Waals surface area contributed by atoms with E-state index in [0.29, 0.717) is 36.1 Å². The standard InChI is InChI=1S/C32H39N3O/c1-23-6-10-28(11-7-23)30-19-29(27-12-8-25(21-33)9-13-27)15-17-35-31(20-30)32(36)18-24(2)4-3-5-26-14-16-34-22-26/h6-13,20,24,26,29,34H,3-5,14-19,22H2,1-2H3. The molecule has 1 fully saturated rings. The minimum absolute atomic E-state index is 0.173. The van der Waals surface area contributed by atoms with Gasteiger partial charge in [-0.05, 0) is 98.4 Å². The van der Waals surface area contributed by atoms with Gasteiger partial charge in [0, 0.05) is 13.0 Å². The zero-order valence-electron chi connectivity index (χ0n) is 21.8. The number of aliphatic imine (C=N–C) groups is 1. The molecule has 2 aromatic rings. The third-order valence-electron chi connectivity index (χ3n) is 7.76. The van der Waals surface area contributed by atoms with Crippen molar-refractivity contribution in [3.05, 3.63) is 76.9 Å². The number of nitriles is 1. The number of nitrogens with zero attached hydrogens (tertiary/aromatic N) is 2. The van der Waals surface area contributed by atoms with Gasteiger partial charge in [0.15, 0.2) is 5.78 Å². The van der Waals surface area contributed by atoms with Gasteiger partial charge < -0.3 is 5.32 Å². The SMILES string of the molecule is Cc1ccc(C2=CC(C(=O)CC(C)CCCC3CCNC3)=NCCC(c3ccc(C#N)cc3)C2)cc1. The summed E-state index contributed by atoms with van der Waals surface area (Å²) >= 11 is 0. The van der Waals surface area contributed by atoms with Crippen molar-refractivity contribution in [2.45, 2.75) is 64.7 Å². The summed E-state index contributed by atoms with van der Waals surface area (Å²) in [6.45, 7) is 7.25. The molecule has 1 N–H and O–H groups in total. The predicted octanol–water partition coefficient (Wildman–Crippen LogP) is 6.64. The van der Waals surface area contributed by atoms with Crippen LogP contribution in [0.25, 0.3) is 5.57 Å². The van der Waals surface area contributed by atoms with Gasteiger partial charge in [0.1, 0.15) is 5.71 Å². The van der Waals surface area contributed by atoms with Crippen LogP contribution in [-0.2, 0) is 4.79 Å². The normalized spacial score (nSPS) is 21.0. The highest BCUT2D eigenvalue weighted by Crippen LogP contribution is 2.34. The van der Waals surface area contributed by atoms with E-state index in [2.05, 4.69) is 67.7 Å². The highest BCUT2D eigenvalue weighted by Gasteiger charge is 2.21. The van der Waals surface area contributed by atoms with Gasteiger partial charge in [-0.2, -0.15) is 5.26 Å². The summed E-state index contributed by atoms with van der Waals surface area (Å²) in [6, 6.07) is 18.7. The lowest BCUT2D eigenvalue weighted by atomic mass is 9.84. The quantitative estimate of drug-likeness (QED) is 0.436. The van der Waals surface area contributed by atoms with Gasteiger partial charge in [0.05, 0.1) is 11.6 Å². The molecule has 0 aliphatic carbocycles. The lowest BCUT2D eigenvalue weighted by Crippen LogP contribution is -2.18. The number of aryl methyl sites for hydroxylation is 1. The molecule has 0 bridgehead atoms. The first-order chi connectivity index (χ1) is 17.5. The van der Waals surface area contributed by atoms with Crippen LogP contribution >= 0.6 is 0 Å². The number of carbonyl (C=O) groups excluding carboxylic acids is 1. The van der Waals surface area contributed by atoms with Crippen LogP contribution in [-0.4, -0.2) is 31.1 Å². The van der Waals surface area contributed by atoms with Gasteiger partial charge in [0.2, 0.25) is 0 Å². The molecule has 1 saturated heterocycles. The number of rotatable bonds is 9. The largest absolute Gasteiger partial charge is 0.316 e. The van der Waals surface area contributed by atoms with Gasteiger partial charge in [0.25, 0.3) is 0 Å². The van der Waals surface area contributed by atoms with Gasteiger partial charge in [-0.25, -0.2) is 0 Å². The molecule has 2 aliphatic rings. The van der Waals surface area contributed by atoms with Crippen LogP contribution < -0.4 is 5.32 Å². The third kappa shape index (κ3) is 7.24. The zero-order chi connectivity index (χ0) is 25.3. The Morgan fingerprint density at radius 2 is 1.92 bits per heavy atom. The van der Waals surface area contributed by atoms with E-state index in [-0.39, 0.29) is 5.78 Å². The lowest BCUT2D eigenvalue weighted by Gasteiger charge is -2.22. The maximum atomic E-state index is 13.3. The molecule has 2 heterocycles. The highest BCUT2D eigenvalue weighted by atomic mass is 16.1. The van der Waals surface area contributed by atoms with E-state index in [1.807, 2.05) is 12.1 Å². The molecule has 4 nitrogen and oxygen atoms in total. The second kappa shape index (κ2) is 12.8. The summed E-state index contributed by atoms with van der Waals surface area (Å²) in [5.74, 6) is 1.66. The number of Topliss-reactive ketones (excluding diaryl/α,β-unsaturated/α-hetero) is 1. The average Bonchev–Trinajstić information content (AvgIpc) is 3.38. The van der Waals surface area contributed by atoms with Crippen LogP contribution in [0.1, 0.15) is 80.0 Å². The number of ketones is 1. The Labute approximate surface area is 216 Å². The Morgan fingerprint density at radius 3 is 2.61 bits per heavy atom. The molecule has 3 unspecified atom stereocenters. The molecule has 2 aromatic carbocycles. The first-order valence-corrected chi connectivity index (χ1v) is 13.6. The van der Waals surface area contributed by atoms with Crippen molar-refractivity contribution in [1.82, 2.24) is 5.32 Å². The fraction of sp³-hybridized carbons (Fsp3) is 0.469. The monoisotopic (exact) mass is 481 g/mol. The van der Waals surface area contributed by atoms with Gasteiger partial charge in [-0.1, -0.05) is 61.7 Å². The Hall–Kier alpha value is -3.03. The summed E-state index contributed by atoms with van der Waals surface area (Å²) in [5.41, 5.74) is 6.08. The fourth-order valence-electron chi connectivity index (χ4n) is 5.47. The zero-order valence-corrected chi connectivity index (χ0v) is 21.8. The number of nitrogens with one attached hydrogen (secondary N) is 1. The van der Waals surface area contributed by atoms with Crippen molar-refractivity contribution in [2.75, 3.05) is 19.6 Å². The molecule has 0 amide bonds. The molecular formula is C32H39N3O. The second-order valence-corrected chi connectivity index (χ2v) is 10.7. The number of hydrogen-bond donors (Lipinski definition) is 1. The van der Waals surface area contributed by atoms with E-state index < -0.39 is 0 Å². The summed E-state index contributed by atoms with van der Waals surface area (Å²) in [6.07, 6.45) is 9.22. The number of hydrogen-bond acceptors (Lipinski definition) is 4. The molecule has 4 heteroatoms. The lowest BCUT2D eigenvalue weighted by molar-refractivity contribution is -0.113. The van der Waals surface area contributed by atoms with Crippen molar-refractivity contribution in [2.24, 2.45) is 16.8 Å². The molecule has 4 rings (SSSR count). The predicted molar refractivity (Wildman–Crippen MR) is 148 cm³/mol. The van der Waals surface area contributed by atoms with Gasteiger partial charge >= 0.3 is 0 Å². The molecule has 0 radical (unpaired) electrons. The maximum Gasteiger partial charge on any atom is 0.180 e. The summed E-state index contributed by atoms with van der Waals surface area (Å²) in [5, 5.41) is 12.6. The molecular weight excluding hydrogens is 442 g/mol. The number of allylic oxidation sites excluding steroid dienone is 2. The van der Waals surface area contributed by atoms with Crippen LogP contribution in [0.4, 0.5) is 0 Å². The van der Waals surface area contributed by atoms with E-state index in [1.54, 1.807) is 0 Å². The molecule has 3 atom stereocenters. The van der Waals surface area contributed by atoms with E-state index in [1.165, 1.54) is 30.4 Å². The number of benzene rings is 2. The fourth-order valence-corrected chi connectivity index (χ4v) is 5.47. The molecule has 0 saturated carbocycles. The van der Waals surface area contributed by atoms with Gasteiger partial charge in [-0.15, -0.1) is 0 Å². The minimum Gasteiger partial charge on any atom is -0.316 e. The minimum atomic E-state index is 0.173. The third-order valence-corrected chi connectivity index (χ3v) is 7.76. The van der Waals surface area contributed by atoms with Crippen molar-refractivity contribution < 1.29 is 4.79 Å². The Kier molecular flexibility index (Phi) is 9.25. The Morgan fingerprint density at radius 1 is 1.14 bits per heavy atom. The summed E-state index contributed by atoms with van der Waals surface area (Å²) in [4.78, 5) is 18.1. The van der Waals surface area contributed by atoms with Crippen molar-refractivity contribution in [3.63, 3.8) is 0 Å². The molecule has 0 spiro atoms. The van der Waals surface area contributed by atoms with E-state index >= 15 is 0 Å². The first-order valence-electron chi connectivity index (χ1n) is 13.6. The van der Waals surface area contributed by atoms with E-state index in [0.717, 1.165) is 49.4 Å².